The van der Waals surface area contributed by atoms with Crippen molar-refractivity contribution in [1.29, 1.82) is 0 Å². The first-order valence-corrected chi connectivity index (χ1v) is 11.3. The lowest BCUT2D eigenvalue weighted by atomic mass is 10.1. The second kappa shape index (κ2) is 7.71. The first kappa shape index (κ1) is 20.9. The molecule has 1 saturated heterocycles. The molecule has 0 radical (unpaired) electrons. The molecule has 0 spiro atoms. The van der Waals surface area contributed by atoms with Crippen molar-refractivity contribution in [2.75, 3.05) is 7.05 Å². The lowest BCUT2D eigenvalue weighted by Crippen LogP contribution is -2.19. The second-order valence-electron chi connectivity index (χ2n) is 6.08. The molecule has 0 bridgehead atoms. The Hall–Kier alpha value is -2.37. The molecule has 8 nitrogen and oxygen atoms in total. The van der Waals surface area contributed by atoms with Crippen LogP contribution in [0, 0.1) is 0 Å². The summed E-state index contributed by atoms with van der Waals surface area (Å²) in [5, 5.41) is 2.23. The maximum Gasteiger partial charge on any atom is 0.290 e. The Morgan fingerprint density at radius 2 is 1.87 bits per heavy atom. The molecule has 1 aliphatic rings. The number of rotatable bonds is 4. The molecule has 0 saturated carbocycles. The van der Waals surface area contributed by atoms with Crippen LogP contribution in [0.1, 0.15) is 5.76 Å². The fourth-order valence-electron chi connectivity index (χ4n) is 2.88. The summed E-state index contributed by atoms with van der Waals surface area (Å²) in [7, 11) is -2.59. The lowest BCUT2D eigenvalue weighted by Gasteiger charge is -2.10. The minimum Gasteiger partial charge on any atom is -0.456 e. The number of carbonyl (C=O) groups excluding carboxylic acids is 2. The van der Waals surface area contributed by atoms with Crippen LogP contribution in [0.4, 0.5) is 4.79 Å². The molecule has 2 amide bonds. The van der Waals surface area contributed by atoms with E-state index in [-0.39, 0.29) is 19.8 Å². The Morgan fingerprint density at radius 1 is 1.17 bits per heavy atom. The predicted octanol–water partition coefficient (Wildman–Crippen LogP) is 4.03. The first-order valence-electron chi connectivity index (χ1n) is 8.25. The number of amides is 2. The van der Waals surface area contributed by atoms with Gasteiger partial charge in [-0.05, 0) is 42.6 Å². The number of nitrogens with zero attached hydrogens (tertiary/aromatic N) is 1. The molecule has 154 valence electrons. The topological polar surface area (TPSA) is 118 Å². The van der Waals surface area contributed by atoms with Gasteiger partial charge in [-0.15, -0.1) is 0 Å². The number of furan rings is 1. The van der Waals surface area contributed by atoms with E-state index in [4.69, 9.17) is 27.6 Å². The van der Waals surface area contributed by atoms with Crippen molar-refractivity contribution >= 4 is 73.2 Å². The zero-order valence-electron chi connectivity index (χ0n) is 15.0. The minimum absolute atomic E-state index is 0.0599. The number of carbonyl (C=O) groups is 2. The maximum atomic E-state index is 12.1. The van der Waals surface area contributed by atoms with Gasteiger partial charge in [-0.25, -0.2) is 13.1 Å². The Kier molecular flexibility index (Phi) is 5.37. The molecule has 1 fully saturated rings. The normalized spacial score (nSPS) is 15.9. The molecule has 0 atom stereocenters. The number of hydrogen-bond acceptors (Lipinski definition) is 7. The van der Waals surface area contributed by atoms with Gasteiger partial charge >= 0.3 is 0 Å². The van der Waals surface area contributed by atoms with Crippen LogP contribution in [0.5, 0.6) is 0 Å². The summed E-state index contributed by atoms with van der Waals surface area (Å²) in [5.74, 6) is -0.151. The van der Waals surface area contributed by atoms with E-state index in [1.807, 2.05) is 0 Å². The number of benzene rings is 1. The Balaban J connectivity index is 1.83. The van der Waals surface area contributed by atoms with E-state index >= 15 is 0 Å². The van der Waals surface area contributed by atoms with Gasteiger partial charge in [-0.1, -0.05) is 23.2 Å². The zero-order valence-corrected chi connectivity index (χ0v) is 18.2. The van der Waals surface area contributed by atoms with Crippen molar-refractivity contribution in [1.82, 2.24) is 15.0 Å². The number of fused-ring (bicyclic) bond motifs is 1. The third-order valence-electron chi connectivity index (χ3n) is 4.20. The predicted molar refractivity (Wildman–Crippen MR) is 115 cm³/mol. The highest BCUT2D eigenvalue weighted by Gasteiger charge is 2.26. The molecule has 30 heavy (non-hydrogen) atoms. The van der Waals surface area contributed by atoms with Gasteiger partial charge in [-0.2, -0.15) is 0 Å². The van der Waals surface area contributed by atoms with Crippen LogP contribution in [0.15, 0.2) is 44.8 Å². The van der Waals surface area contributed by atoms with Gasteiger partial charge in [0.15, 0.2) is 0 Å². The van der Waals surface area contributed by atoms with Gasteiger partial charge in [-0.3, -0.25) is 19.9 Å². The van der Waals surface area contributed by atoms with Crippen LogP contribution in [0.3, 0.4) is 0 Å². The molecule has 3 aromatic rings. The summed E-state index contributed by atoms with van der Waals surface area (Å²) in [4.78, 5) is 27.2. The zero-order chi connectivity index (χ0) is 21.6. The van der Waals surface area contributed by atoms with Gasteiger partial charge in [0.2, 0.25) is 10.0 Å². The molecule has 2 aromatic heterocycles. The average Bonchev–Trinajstić information content (AvgIpc) is 3.22. The summed E-state index contributed by atoms with van der Waals surface area (Å²) in [5.41, 5.74) is 1.45. The number of aromatic nitrogens is 1. The smallest absolute Gasteiger partial charge is 0.290 e. The first-order chi connectivity index (χ1) is 14.2. The van der Waals surface area contributed by atoms with Crippen LogP contribution in [-0.4, -0.2) is 31.6 Å². The lowest BCUT2D eigenvalue weighted by molar-refractivity contribution is -0.115. The Morgan fingerprint density at radius 3 is 2.47 bits per heavy atom. The minimum atomic E-state index is -3.85. The highest BCUT2D eigenvalue weighted by atomic mass is 35.5. The fraction of sp³-hybridized carbons (Fsp3) is 0.0556. The quantitative estimate of drug-likeness (QED) is 0.537. The molecule has 1 aliphatic heterocycles. The van der Waals surface area contributed by atoms with Crippen LogP contribution in [-0.2, 0) is 14.8 Å². The van der Waals surface area contributed by atoms with Crippen molar-refractivity contribution in [2.45, 2.75) is 4.90 Å². The van der Waals surface area contributed by atoms with Gasteiger partial charge in [0.25, 0.3) is 11.1 Å². The number of imide groups is 1. The molecular formula is C18H11Cl2N3O5S2. The van der Waals surface area contributed by atoms with Crippen molar-refractivity contribution < 1.29 is 22.4 Å². The highest BCUT2D eigenvalue weighted by molar-refractivity contribution is 8.18. The van der Waals surface area contributed by atoms with Crippen LogP contribution in [0.2, 0.25) is 10.0 Å². The van der Waals surface area contributed by atoms with Crippen LogP contribution < -0.4 is 10.0 Å². The maximum absolute atomic E-state index is 12.1. The average molecular weight is 484 g/mol. The van der Waals surface area contributed by atoms with E-state index in [9.17, 15) is 18.0 Å². The Labute approximate surface area is 184 Å². The van der Waals surface area contributed by atoms with Gasteiger partial charge in [0.05, 0.1) is 15.0 Å². The molecule has 12 heteroatoms. The van der Waals surface area contributed by atoms with Gasteiger partial charge in [0, 0.05) is 29.4 Å². The molecule has 3 heterocycles. The van der Waals surface area contributed by atoms with E-state index in [0.29, 0.717) is 27.9 Å². The molecule has 0 unspecified atom stereocenters. The van der Waals surface area contributed by atoms with Crippen molar-refractivity contribution in [3.63, 3.8) is 0 Å². The van der Waals surface area contributed by atoms with Crippen molar-refractivity contribution in [3.8, 4) is 11.1 Å². The van der Waals surface area contributed by atoms with Gasteiger partial charge in [0.1, 0.15) is 16.2 Å². The summed E-state index contributed by atoms with van der Waals surface area (Å²) in [6.07, 6.45) is 4.55. The Bertz CT molecular complexity index is 1340. The largest absolute Gasteiger partial charge is 0.456 e. The summed E-state index contributed by atoms with van der Waals surface area (Å²) < 4.78 is 32.3. The number of hydrogen-bond donors (Lipinski definition) is 2. The molecule has 4 rings (SSSR count). The number of sulfonamides is 1. The monoisotopic (exact) mass is 483 g/mol. The number of thioether (sulfide) groups is 1. The number of halogens is 2. The van der Waals surface area contributed by atoms with E-state index in [2.05, 4.69) is 15.0 Å². The van der Waals surface area contributed by atoms with E-state index in [0.717, 1.165) is 11.8 Å². The fourth-order valence-corrected chi connectivity index (χ4v) is 5.48. The van der Waals surface area contributed by atoms with E-state index in [1.165, 1.54) is 31.5 Å². The number of nitrogens with one attached hydrogen (secondary N) is 2. The standard InChI is InChI=1S/C18H11Cl2N3O5S2/c1-21-30(26,27)16-12(19)3-8(4-13(16)20)11-7-22-6-9-2-10(28-15(9)11)5-14-17(24)23-18(25)29-14/h2-7,21H,1H3,(H,23,24,25)/b14-5+. The third kappa shape index (κ3) is 3.72. The SMILES string of the molecule is CNS(=O)(=O)c1c(Cl)cc(-c2cncc3cc(/C=C4/SC(=O)NC4=O)oc23)cc1Cl. The second-order valence-corrected chi connectivity index (χ2v) is 9.74. The van der Waals surface area contributed by atoms with E-state index in [1.54, 1.807) is 12.3 Å². The third-order valence-corrected chi connectivity index (χ3v) is 7.35. The highest BCUT2D eigenvalue weighted by Crippen LogP contribution is 2.38. The van der Waals surface area contributed by atoms with Crippen molar-refractivity contribution in [2.24, 2.45) is 0 Å². The van der Waals surface area contributed by atoms with Crippen LogP contribution in [0.25, 0.3) is 28.2 Å². The van der Waals surface area contributed by atoms with E-state index < -0.39 is 21.2 Å². The van der Waals surface area contributed by atoms with Gasteiger partial charge < -0.3 is 4.42 Å². The molecular weight excluding hydrogens is 473 g/mol. The van der Waals surface area contributed by atoms with Crippen molar-refractivity contribution in [3.05, 3.63) is 51.3 Å². The molecule has 1 aromatic carbocycles. The molecule has 2 N–H and O–H groups in total. The molecule has 0 aliphatic carbocycles. The number of pyridine rings is 1. The van der Waals surface area contributed by atoms with Crippen LogP contribution >= 0.6 is 35.0 Å². The summed E-state index contributed by atoms with van der Waals surface area (Å²) >= 11 is 13.2. The summed E-state index contributed by atoms with van der Waals surface area (Å²) in [6, 6.07) is 4.57. The summed E-state index contributed by atoms with van der Waals surface area (Å²) in [6.45, 7) is 0.